The third-order valence-corrected chi connectivity index (χ3v) is 6.27. The molecule has 0 N–H and O–H groups in total. The summed E-state index contributed by atoms with van der Waals surface area (Å²) in [6.45, 7) is 5.67. The summed E-state index contributed by atoms with van der Waals surface area (Å²) in [5.74, 6) is 0.468. The summed E-state index contributed by atoms with van der Waals surface area (Å²) in [6, 6.07) is 8.43. The second-order valence-electron chi connectivity index (χ2n) is 6.94. The fourth-order valence-corrected chi connectivity index (χ4v) is 4.85. The Bertz CT molecular complexity index is 714. The third-order valence-electron chi connectivity index (χ3n) is 5.26. The van der Waals surface area contributed by atoms with E-state index in [2.05, 4.69) is 33.2 Å². The average molecular weight is 341 g/mol. The smallest absolute Gasteiger partial charge is 0.227 e. The highest BCUT2D eigenvalue weighted by atomic mass is 32.1. The highest BCUT2D eigenvalue weighted by Gasteiger charge is 2.40. The van der Waals surface area contributed by atoms with Gasteiger partial charge in [-0.15, -0.1) is 11.3 Å². The molecule has 0 aliphatic carbocycles. The Kier molecular flexibility index (Phi) is 4.37. The van der Waals surface area contributed by atoms with Crippen LogP contribution in [0.15, 0.2) is 35.8 Å². The summed E-state index contributed by atoms with van der Waals surface area (Å²) < 4.78 is 0. The maximum Gasteiger partial charge on any atom is 0.227 e. The van der Waals surface area contributed by atoms with E-state index < -0.39 is 0 Å². The van der Waals surface area contributed by atoms with Crippen LogP contribution in [0.1, 0.15) is 29.0 Å². The lowest BCUT2D eigenvalue weighted by molar-refractivity contribution is -0.140. The van der Waals surface area contributed by atoms with Crippen molar-refractivity contribution in [1.82, 2.24) is 14.8 Å². The van der Waals surface area contributed by atoms with Gasteiger partial charge >= 0.3 is 0 Å². The number of carbonyl (C=O) groups is 1. The molecule has 5 heteroatoms. The molecule has 24 heavy (non-hydrogen) atoms. The topological polar surface area (TPSA) is 36.4 Å². The number of nitrogens with zero attached hydrogens (tertiary/aromatic N) is 3. The molecular weight excluding hydrogens is 318 g/mol. The van der Waals surface area contributed by atoms with Gasteiger partial charge in [0.2, 0.25) is 5.91 Å². The van der Waals surface area contributed by atoms with Crippen LogP contribution in [-0.4, -0.2) is 39.8 Å². The minimum Gasteiger partial charge on any atom is -0.332 e. The molecule has 2 aromatic heterocycles. The van der Waals surface area contributed by atoms with Crippen molar-refractivity contribution in [3.05, 3.63) is 52.0 Å². The maximum absolute atomic E-state index is 12.9. The fourth-order valence-electron chi connectivity index (χ4n) is 3.90. The first-order valence-corrected chi connectivity index (χ1v) is 9.54. The highest BCUT2D eigenvalue weighted by Crippen LogP contribution is 2.31. The fraction of sp³-hybridized carbons (Fsp3) is 0.474. The zero-order valence-corrected chi connectivity index (χ0v) is 14.8. The molecule has 5 heterocycles. The number of thiophene rings is 1. The summed E-state index contributed by atoms with van der Waals surface area (Å²) in [6.07, 6.45) is 3.95. The second-order valence-corrected chi connectivity index (χ2v) is 7.94. The van der Waals surface area contributed by atoms with E-state index in [1.165, 1.54) is 10.4 Å². The molecule has 126 valence electrons. The van der Waals surface area contributed by atoms with E-state index in [0.717, 1.165) is 38.2 Å². The molecule has 0 aromatic carbocycles. The molecule has 2 bridgehead atoms. The summed E-state index contributed by atoms with van der Waals surface area (Å²) in [5.41, 5.74) is 2.35. The molecule has 1 amide bonds. The zero-order valence-electron chi connectivity index (χ0n) is 14.0. The number of aromatic nitrogens is 1. The number of pyridine rings is 1. The molecule has 5 rings (SSSR count). The number of carbonyl (C=O) groups excluding carboxylic acids is 1. The van der Waals surface area contributed by atoms with Gasteiger partial charge in [-0.05, 0) is 48.9 Å². The van der Waals surface area contributed by atoms with Gasteiger partial charge in [-0.1, -0.05) is 6.07 Å². The lowest BCUT2D eigenvalue weighted by atomic mass is 9.94. The largest absolute Gasteiger partial charge is 0.332 e. The first-order chi connectivity index (χ1) is 11.7. The highest BCUT2D eigenvalue weighted by molar-refractivity contribution is 7.10. The van der Waals surface area contributed by atoms with E-state index in [-0.39, 0.29) is 5.92 Å². The molecule has 4 nitrogen and oxygen atoms in total. The molecule has 2 aromatic rings. The maximum atomic E-state index is 12.9. The molecule has 2 unspecified atom stereocenters. The number of hydrogen-bond acceptors (Lipinski definition) is 4. The standard InChI is InChI=1S/C19H23N3OS/c1-14-7-9-24-18(14)13-21-10-15-5-6-17(12-21)22(19(15)23)11-16-4-2-3-8-20-16/h2-4,7-9,15,17H,5-6,10-13H2,1H3. The molecular formula is C19H23N3OS. The van der Waals surface area contributed by atoms with Gasteiger partial charge in [-0.25, -0.2) is 0 Å². The Labute approximate surface area is 147 Å². The predicted molar refractivity (Wildman–Crippen MR) is 95.6 cm³/mol. The normalized spacial score (nSPS) is 24.4. The summed E-state index contributed by atoms with van der Waals surface area (Å²) in [5, 5.41) is 2.16. The van der Waals surface area contributed by atoms with Gasteiger partial charge in [0, 0.05) is 36.8 Å². The van der Waals surface area contributed by atoms with Crippen LogP contribution in [0.4, 0.5) is 0 Å². The van der Waals surface area contributed by atoms with Crippen molar-refractivity contribution in [3.8, 4) is 0 Å². The predicted octanol–water partition coefficient (Wildman–Crippen LogP) is 3.07. The molecule has 3 fully saturated rings. The van der Waals surface area contributed by atoms with Crippen LogP contribution in [-0.2, 0) is 17.9 Å². The van der Waals surface area contributed by atoms with Crippen LogP contribution in [0.3, 0.4) is 0 Å². The number of aryl methyl sites for hydroxylation is 1. The van der Waals surface area contributed by atoms with Crippen LogP contribution in [0.2, 0.25) is 0 Å². The SMILES string of the molecule is Cc1ccsc1CN1CC2CCC(C1)N(Cc1ccccn1)C2=O. The average Bonchev–Trinajstić information content (AvgIpc) is 2.81. The van der Waals surface area contributed by atoms with Crippen molar-refractivity contribution >= 4 is 17.2 Å². The van der Waals surface area contributed by atoms with Crippen LogP contribution in [0, 0.1) is 12.8 Å². The van der Waals surface area contributed by atoms with Crippen molar-refractivity contribution in [2.24, 2.45) is 5.92 Å². The van der Waals surface area contributed by atoms with Crippen molar-refractivity contribution in [1.29, 1.82) is 0 Å². The molecule has 0 spiro atoms. The number of fused-ring (bicyclic) bond motifs is 4. The molecule has 2 atom stereocenters. The van der Waals surface area contributed by atoms with Gasteiger partial charge in [0.25, 0.3) is 0 Å². The summed E-state index contributed by atoms with van der Waals surface area (Å²) in [4.78, 5) is 23.3. The number of piperidine rings is 1. The van der Waals surface area contributed by atoms with E-state index in [1.807, 2.05) is 35.7 Å². The molecule has 0 saturated carbocycles. The van der Waals surface area contributed by atoms with E-state index in [4.69, 9.17) is 0 Å². The van der Waals surface area contributed by atoms with Gasteiger partial charge in [-0.2, -0.15) is 0 Å². The van der Waals surface area contributed by atoms with Crippen molar-refractivity contribution in [3.63, 3.8) is 0 Å². The first kappa shape index (κ1) is 15.8. The Morgan fingerprint density at radius 2 is 2.12 bits per heavy atom. The van der Waals surface area contributed by atoms with Gasteiger partial charge in [0.05, 0.1) is 18.2 Å². The Morgan fingerprint density at radius 3 is 2.88 bits per heavy atom. The first-order valence-electron chi connectivity index (χ1n) is 8.66. The number of rotatable bonds is 4. The van der Waals surface area contributed by atoms with E-state index in [0.29, 0.717) is 18.5 Å². The van der Waals surface area contributed by atoms with E-state index in [9.17, 15) is 4.79 Å². The van der Waals surface area contributed by atoms with Gasteiger partial charge < -0.3 is 4.90 Å². The molecule has 3 aliphatic rings. The quantitative estimate of drug-likeness (QED) is 0.857. The van der Waals surface area contributed by atoms with Gasteiger partial charge in [0.1, 0.15) is 0 Å². The molecule has 3 saturated heterocycles. The van der Waals surface area contributed by atoms with Crippen molar-refractivity contribution in [2.45, 2.75) is 38.9 Å². The second kappa shape index (κ2) is 6.65. The Morgan fingerprint density at radius 1 is 1.21 bits per heavy atom. The summed E-state index contributed by atoms with van der Waals surface area (Å²) in [7, 11) is 0. The number of amides is 1. The Hall–Kier alpha value is -1.72. The lowest BCUT2D eigenvalue weighted by Gasteiger charge is -2.35. The van der Waals surface area contributed by atoms with E-state index in [1.54, 1.807) is 0 Å². The van der Waals surface area contributed by atoms with Crippen LogP contribution >= 0.6 is 11.3 Å². The van der Waals surface area contributed by atoms with E-state index >= 15 is 0 Å². The Balaban J connectivity index is 1.51. The third kappa shape index (κ3) is 3.10. The van der Waals surface area contributed by atoms with Crippen LogP contribution in [0.25, 0.3) is 0 Å². The lowest BCUT2D eigenvalue weighted by Crippen LogP contribution is -2.47. The van der Waals surface area contributed by atoms with Crippen molar-refractivity contribution in [2.75, 3.05) is 13.1 Å². The van der Waals surface area contributed by atoms with Crippen molar-refractivity contribution < 1.29 is 4.79 Å². The number of hydrogen-bond donors (Lipinski definition) is 0. The minimum absolute atomic E-state index is 0.146. The minimum atomic E-state index is 0.146. The molecule has 3 aliphatic heterocycles. The van der Waals surface area contributed by atoms with Gasteiger partial charge in [-0.3, -0.25) is 14.7 Å². The van der Waals surface area contributed by atoms with Gasteiger partial charge in [0.15, 0.2) is 0 Å². The van der Waals surface area contributed by atoms with Crippen LogP contribution < -0.4 is 0 Å². The zero-order chi connectivity index (χ0) is 16.5. The van der Waals surface area contributed by atoms with Crippen LogP contribution in [0.5, 0.6) is 0 Å². The monoisotopic (exact) mass is 341 g/mol. The molecule has 0 radical (unpaired) electrons. The summed E-state index contributed by atoms with van der Waals surface area (Å²) >= 11 is 1.83.